The fraction of sp³-hybridized carbons (Fsp3) is 0.588. The molecular weight excluding hydrogens is 264 g/mol. The summed E-state index contributed by atoms with van der Waals surface area (Å²) in [4.78, 5) is 14.9. The Morgan fingerprint density at radius 2 is 1.86 bits per heavy atom. The molecule has 0 aromatic heterocycles. The summed E-state index contributed by atoms with van der Waals surface area (Å²) in [6.45, 7) is 3.38. The summed E-state index contributed by atoms with van der Waals surface area (Å²) in [6, 6.07) is 7.73. The number of nitrogen functional groups attached to an aromatic ring is 1. The van der Waals surface area contributed by atoms with Crippen molar-refractivity contribution in [2.24, 2.45) is 5.92 Å². The lowest BCUT2D eigenvalue weighted by Gasteiger charge is -2.35. The second-order valence-electron chi connectivity index (χ2n) is 6.57. The van der Waals surface area contributed by atoms with Crippen LogP contribution < -0.4 is 5.73 Å². The molecular formula is C17H24N2O2. The molecule has 1 aliphatic carbocycles. The lowest BCUT2D eigenvalue weighted by Crippen LogP contribution is -2.45. The third kappa shape index (κ3) is 2.64. The molecule has 21 heavy (non-hydrogen) atoms. The molecule has 1 amide bonds. The Morgan fingerprint density at radius 1 is 1.29 bits per heavy atom. The van der Waals surface area contributed by atoms with E-state index in [-0.39, 0.29) is 17.4 Å². The summed E-state index contributed by atoms with van der Waals surface area (Å²) in [5, 5.41) is 9.66. The number of carbonyl (C=O) groups excluding carboxylic acids is 1. The van der Waals surface area contributed by atoms with Crippen LogP contribution in [0.4, 0.5) is 5.69 Å². The van der Waals surface area contributed by atoms with Crippen LogP contribution in [0, 0.1) is 5.92 Å². The van der Waals surface area contributed by atoms with E-state index in [1.54, 1.807) is 0 Å². The Labute approximate surface area is 125 Å². The van der Waals surface area contributed by atoms with Crippen molar-refractivity contribution in [3.63, 3.8) is 0 Å². The molecule has 1 heterocycles. The Balaban J connectivity index is 1.70. The van der Waals surface area contributed by atoms with E-state index in [1.165, 1.54) is 0 Å². The van der Waals surface area contributed by atoms with Gasteiger partial charge in [0.15, 0.2) is 0 Å². The molecule has 3 rings (SSSR count). The number of amides is 1. The molecule has 0 spiro atoms. The third-order valence-electron chi connectivity index (χ3n) is 5.13. The van der Waals surface area contributed by atoms with Gasteiger partial charge in [-0.3, -0.25) is 4.79 Å². The monoisotopic (exact) mass is 288 g/mol. The largest absolute Gasteiger partial charge is 0.399 e. The van der Waals surface area contributed by atoms with Crippen LogP contribution in [-0.4, -0.2) is 35.1 Å². The number of likely N-dealkylation sites (tertiary alicyclic amines) is 1. The first-order valence-electron chi connectivity index (χ1n) is 7.86. The van der Waals surface area contributed by atoms with E-state index >= 15 is 0 Å². The van der Waals surface area contributed by atoms with Crippen molar-refractivity contribution in [1.82, 2.24) is 4.90 Å². The zero-order valence-electron chi connectivity index (χ0n) is 12.6. The number of nitrogens with zero attached hydrogens (tertiary/aromatic N) is 1. The van der Waals surface area contributed by atoms with Gasteiger partial charge in [0.25, 0.3) is 0 Å². The molecule has 2 aliphatic rings. The minimum atomic E-state index is -0.300. The second-order valence-corrected chi connectivity index (χ2v) is 6.57. The Morgan fingerprint density at radius 3 is 2.33 bits per heavy atom. The summed E-state index contributed by atoms with van der Waals surface area (Å²) in [7, 11) is 0. The predicted molar refractivity (Wildman–Crippen MR) is 82.8 cm³/mol. The van der Waals surface area contributed by atoms with Crippen LogP contribution in [0.15, 0.2) is 24.3 Å². The number of aliphatic hydroxyl groups is 1. The van der Waals surface area contributed by atoms with Crippen molar-refractivity contribution >= 4 is 11.6 Å². The number of piperidine rings is 1. The molecule has 1 atom stereocenters. The maximum atomic E-state index is 12.9. The van der Waals surface area contributed by atoms with Gasteiger partial charge < -0.3 is 15.7 Å². The smallest absolute Gasteiger partial charge is 0.233 e. The normalized spacial score (nSPS) is 22.9. The Hall–Kier alpha value is -1.55. The van der Waals surface area contributed by atoms with Crippen LogP contribution in [-0.2, 0) is 10.2 Å². The summed E-state index contributed by atoms with van der Waals surface area (Å²) in [6.07, 6.45) is 3.41. The lowest BCUT2D eigenvalue weighted by atomic mass is 9.89. The van der Waals surface area contributed by atoms with Gasteiger partial charge >= 0.3 is 0 Å². The van der Waals surface area contributed by atoms with E-state index in [0.29, 0.717) is 5.92 Å². The number of aliphatic hydroxyl groups excluding tert-OH is 1. The van der Waals surface area contributed by atoms with Crippen LogP contribution in [0.5, 0.6) is 0 Å². The van der Waals surface area contributed by atoms with Crippen LogP contribution in [0.1, 0.15) is 38.2 Å². The molecule has 3 N–H and O–H groups in total. The zero-order chi connectivity index (χ0) is 15.0. The number of rotatable bonds is 3. The van der Waals surface area contributed by atoms with Crippen molar-refractivity contribution in [1.29, 1.82) is 0 Å². The fourth-order valence-corrected chi connectivity index (χ4v) is 3.44. The molecule has 0 radical (unpaired) electrons. The molecule has 1 aliphatic heterocycles. The van der Waals surface area contributed by atoms with Gasteiger partial charge in [-0.05, 0) is 56.2 Å². The highest BCUT2D eigenvalue weighted by atomic mass is 16.3. The highest BCUT2D eigenvalue weighted by molar-refractivity contribution is 5.91. The van der Waals surface area contributed by atoms with E-state index < -0.39 is 0 Å². The van der Waals surface area contributed by atoms with Crippen molar-refractivity contribution < 1.29 is 9.90 Å². The number of carbonyl (C=O) groups is 1. The molecule has 1 saturated carbocycles. The molecule has 0 bridgehead atoms. The van der Waals surface area contributed by atoms with Gasteiger partial charge in [-0.15, -0.1) is 0 Å². The van der Waals surface area contributed by atoms with Gasteiger partial charge in [0.05, 0.1) is 11.5 Å². The standard InChI is InChI=1S/C17H24N2O2/c1-12(20)13-6-10-19(11-7-13)16(21)17(8-9-17)14-2-4-15(18)5-3-14/h2-5,12-13,20H,6-11,18H2,1H3. The predicted octanol–water partition coefficient (Wildman–Crippen LogP) is 1.92. The molecule has 1 aromatic carbocycles. The van der Waals surface area contributed by atoms with E-state index in [4.69, 9.17) is 5.73 Å². The first-order valence-corrected chi connectivity index (χ1v) is 7.86. The summed E-state index contributed by atoms with van der Waals surface area (Å²) in [5.41, 5.74) is 7.27. The molecule has 4 heteroatoms. The Bertz CT molecular complexity index is 512. The van der Waals surface area contributed by atoms with Crippen LogP contribution >= 0.6 is 0 Å². The minimum absolute atomic E-state index is 0.260. The number of anilines is 1. The van der Waals surface area contributed by atoms with Crippen LogP contribution in [0.2, 0.25) is 0 Å². The number of hydrogen-bond donors (Lipinski definition) is 2. The van der Waals surface area contributed by atoms with Gasteiger partial charge in [0, 0.05) is 18.8 Å². The van der Waals surface area contributed by atoms with E-state index in [9.17, 15) is 9.90 Å². The third-order valence-corrected chi connectivity index (χ3v) is 5.13. The average molecular weight is 288 g/mol. The van der Waals surface area contributed by atoms with Crippen LogP contribution in [0.25, 0.3) is 0 Å². The maximum Gasteiger partial charge on any atom is 0.233 e. The van der Waals surface area contributed by atoms with E-state index in [2.05, 4.69) is 0 Å². The lowest BCUT2D eigenvalue weighted by molar-refractivity contribution is -0.136. The topological polar surface area (TPSA) is 66.6 Å². The summed E-state index contributed by atoms with van der Waals surface area (Å²) >= 11 is 0. The molecule has 4 nitrogen and oxygen atoms in total. The number of nitrogens with two attached hydrogens (primary N) is 1. The second kappa shape index (κ2) is 5.34. The van der Waals surface area contributed by atoms with Gasteiger partial charge in [0.2, 0.25) is 5.91 Å². The van der Waals surface area contributed by atoms with Crippen molar-refractivity contribution in [2.45, 2.75) is 44.1 Å². The van der Waals surface area contributed by atoms with E-state index in [0.717, 1.165) is 50.0 Å². The van der Waals surface area contributed by atoms with Crippen molar-refractivity contribution in [3.05, 3.63) is 29.8 Å². The Kier molecular flexibility index (Phi) is 3.66. The molecule has 1 saturated heterocycles. The highest BCUT2D eigenvalue weighted by Gasteiger charge is 2.53. The van der Waals surface area contributed by atoms with Crippen molar-refractivity contribution in [3.8, 4) is 0 Å². The van der Waals surface area contributed by atoms with E-state index in [1.807, 2.05) is 36.1 Å². The summed E-state index contributed by atoms with van der Waals surface area (Å²) < 4.78 is 0. The SMILES string of the molecule is CC(O)C1CCN(C(=O)C2(c3ccc(N)cc3)CC2)CC1. The van der Waals surface area contributed by atoms with Crippen molar-refractivity contribution in [2.75, 3.05) is 18.8 Å². The summed E-state index contributed by atoms with van der Waals surface area (Å²) in [5.74, 6) is 0.594. The maximum absolute atomic E-state index is 12.9. The van der Waals surface area contributed by atoms with Gasteiger partial charge in [-0.25, -0.2) is 0 Å². The zero-order valence-corrected chi connectivity index (χ0v) is 12.6. The minimum Gasteiger partial charge on any atom is -0.399 e. The molecule has 2 fully saturated rings. The number of benzene rings is 1. The highest BCUT2D eigenvalue weighted by Crippen LogP contribution is 2.50. The molecule has 1 unspecified atom stereocenters. The fourth-order valence-electron chi connectivity index (χ4n) is 3.44. The average Bonchev–Trinajstić information content (AvgIpc) is 3.29. The molecule has 1 aromatic rings. The van der Waals surface area contributed by atoms with Gasteiger partial charge in [-0.1, -0.05) is 12.1 Å². The quantitative estimate of drug-likeness (QED) is 0.835. The van der Waals surface area contributed by atoms with Crippen LogP contribution in [0.3, 0.4) is 0 Å². The van der Waals surface area contributed by atoms with Gasteiger partial charge in [0.1, 0.15) is 0 Å². The number of hydrogen-bond acceptors (Lipinski definition) is 3. The first-order chi connectivity index (χ1) is 10.0. The first kappa shape index (κ1) is 14.4. The van der Waals surface area contributed by atoms with Gasteiger partial charge in [-0.2, -0.15) is 0 Å². The molecule has 114 valence electrons.